The second-order valence-corrected chi connectivity index (χ2v) is 8.55. The second-order valence-electron chi connectivity index (χ2n) is 8.55. The minimum atomic E-state index is -0.749. The Morgan fingerprint density at radius 1 is 0.943 bits per heavy atom. The van der Waals surface area contributed by atoms with Gasteiger partial charge in [0.1, 0.15) is 19.3 Å². The Kier molecular flexibility index (Phi) is 6.17. The largest absolute Gasteiger partial charge is 0.486 e. The van der Waals surface area contributed by atoms with Gasteiger partial charge in [-0.25, -0.2) is 4.79 Å². The lowest BCUT2D eigenvalue weighted by atomic mass is 10.1. The fourth-order valence-corrected chi connectivity index (χ4v) is 4.25. The molecule has 5 rings (SSSR count). The lowest BCUT2D eigenvalue weighted by Gasteiger charge is -2.35. The van der Waals surface area contributed by atoms with E-state index in [9.17, 15) is 14.4 Å². The number of ether oxygens (including phenoxy) is 2. The van der Waals surface area contributed by atoms with E-state index >= 15 is 0 Å². The molecule has 0 saturated carbocycles. The molecule has 10 nitrogen and oxygen atoms in total. The van der Waals surface area contributed by atoms with E-state index in [1.54, 1.807) is 41.1 Å². The monoisotopic (exact) mass is 477 g/mol. The minimum Gasteiger partial charge on any atom is -0.486 e. The summed E-state index contributed by atoms with van der Waals surface area (Å²) < 4.78 is 11.0. The number of hydrogen-bond donors (Lipinski definition) is 3. The van der Waals surface area contributed by atoms with Crippen LogP contribution in [-0.4, -0.2) is 78.1 Å². The van der Waals surface area contributed by atoms with Crippen molar-refractivity contribution in [2.75, 3.05) is 44.7 Å². The first-order valence-electron chi connectivity index (χ1n) is 11.6. The van der Waals surface area contributed by atoms with Crippen molar-refractivity contribution in [3.05, 3.63) is 54.2 Å². The van der Waals surface area contributed by atoms with Gasteiger partial charge in [0.2, 0.25) is 5.91 Å². The number of amides is 4. The van der Waals surface area contributed by atoms with E-state index in [0.29, 0.717) is 62.1 Å². The van der Waals surface area contributed by atoms with Crippen molar-refractivity contribution < 1.29 is 23.9 Å². The summed E-state index contributed by atoms with van der Waals surface area (Å²) in [7, 11) is 0. The Labute approximate surface area is 202 Å². The number of piperazine rings is 1. The number of aromatic nitrogens is 1. The van der Waals surface area contributed by atoms with Crippen LogP contribution in [0.25, 0.3) is 10.9 Å². The van der Waals surface area contributed by atoms with Crippen molar-refractivity contribution in [2.45, 2.75) is 13.0 Å². The molecule has 0 aliphatic carbocycles. The molecule has 1 fully saturated rings. The van der Waals surface area contributed by atoms with Gasteiger partial charge < -0.3 is 34.9 Å². The fraction of sp³-hybridized carbons (Fsp3) is 0.320. The molecule has 0 radical (unpaired) electrons. The van der Waals surface area contributed by atoms with Crippen LogP contribution >= 0.6 is 0 Å². The van der Waals surface area contributed by atoms with Crippen LogP contribution in [0.2, 0.25) is 0 Å². The summed E-state index contributed by atoms with van der Waals surface area (Å²) in [6, 6.07) is 11.7. The summed E-state index contributed by atoms with van der Waals surface area (Å²) >= 11 is 0. The summed E-state index contributed by atoms with van der Waals surface area (Å²) in [5.41, 5.74) is 2.10. The van der Waals surface area contributed by atoms with Crippen molar-refractivity contribution in [3.63, 3.8) is 0 Å². The summed E-state index contributed by atoms with van der Waals surface area (Å²) in [6.07, 6.45) is 1.73. The molecule has 1 atom stereocenters. The van der Waals surface area contributed by atoms with Gasteiger partial charge in [-0.05, 0) is 25.1 Å². The molecule has 3 aromatic rings. The van der Waals surface area contributed by atoms with Gasteiger partial charge in [-0.3, -0.25) is 9.59 Å². The molecule has 0 spiro atoms. The highest BCUT2D eigenvalue weighted by atomic mass is 16.6. The Balaban J connectivity index is 1.12. The Morgan fingerprint density at radius 2 is 1.66 bits per heavy atom. The third-order valence-corrected chi connectivity index (χ3v) is 6.22. The van der Waals surface area contributed by atoms with Gasteiger partial charge in [0, 0.05) is 55.0 Å². The Bertz CT molecular complexity index is 1260. The Morgan fingerprint density at radius 3 is 2.46 bits per heavy atom. The molecule has 35 heavy (non-hydrogen) atoms. The average molecular weight is 478 g/mol. The highest BCUT2D eigenvalue weighted by Crippen LogP contribution is 2.32. The highest BCUT2D eigenvalue weighted by Gasteiger charge is 2.27. The molecule has 3 N–H and O–H groups in total. The molecule has 2 aliphatic heterocycles. The number of benzene rings is 2. The number of anilines is 1. The van der Waals surface area contributed by atoms with Gasteiger partial charge in [-0.2, -0.15) is 0 Å². The zero-order valence-corrected chi connectivity index (χ0v) is 19.4. The molecule has 182 valence electrons. The third-order valence-electron chi connectivity index (χ3n) is 6.22. The van der Waals surface area contributed by atoms with Crippen molar-refractivity contribution in [3.8, 4) is 11.5 Å². The van der Waals surface area contributed by atoms with Crippen LogP contribution in [0.1, 0.15) is 17.3 Å². The maximum Gasteiger partial charge on any atom is 0.318 e. The molecule has 1 saturated heterocycles. The molecule has 0 unspecified atom stereocenters. The van der Waals surface area contributed by atoms with E-state index in [4.69, 9.17) is 9.47 Å². The number of urea groups is 1. The standard InChI is InChI=1S/C25H27N5O5/c1-16(23(31)28-17-6-7-21-22(14-17)35-13-12-34-21)27-25(33)30-10-8-29(9-11-30)24(32)19-15-26-20-5-3-2-4-18(19)20/h2-7,14-16,26H,8-13H2,1H3,(H,27,33)(H,28,31)/t16-/m1/s1. The predicted octanol–water partition coefficient (Wildman–Crippen LogP) is 2.43. The topological polar surface area (TPSA) is 116 Å². The summed E-state index contributed by atoms with van der Waals surface area (Å²) in [6.45, 7) is 4.19. The first kappa shape index (κ1) is 22.6. The number of para-hydroxylation sites is 1. The van der Waals surface area contributed by atoms with E-state index in [1.807, 2.05) is 24.3 Å². The van der Waals surface area contributed by atoms with E-state index in [0.717, 1.165) is 10.9 Å². The van der Waals surface area contributed by atoms with E-state index in [2.05, 4.69) is 15.6 Å². The number of H-pyrrole nitrogens is 1. The second kappa shape index (κ2) is 9.57. The van der Waals surface area contributed by atoms with Gasteiger partial charge in [0.25, 0.3) is 5.91 Å². The molecule has 0 bridgehead atoms. The molecule has 2 aliphatic rings. The number of carbonyl (C=O) groups is 3. The quantitative estimate of drug-likeness (QED) is 0.534. The Hall–Kier alpha value is -4.21. The lowest BCUT2D eigenvalue weighted by molar-refractivity contribution is -0.117. The molecule has 4 amide bonds. The number of nitrogens with one attached hydrogen (secondary N) is 3. The van der Waals surface area contributed by atoms with Gasteiger partial charge in [0.15, 0.2) is 11.5 Å². The van der Waals surface area contributed by atoms with E-state index < -0.39 is 6.04 Å². The molecule has 1 aromatic heterocycles. The zero-order valence-electron chi connectivity index (χ0n) is 19.4. The molecule has 2 aromatic carbocycles. The summed E-state index contributed by atoms with van der Waals surface area (Å²) in [4.78, 5) is 44.8. The number of aromatic amines is 1. The average Bonchev–Trinajstić information content (AvgIpc) is 3.32. The van der Waals surface area contributed by atoms with E-state index in [-0.39, 0.29) is 17.8 Å². The van der Waals surface area contributed by atoms with Crippen molar-refractivity contribution in [2.24, 2.45) is 0 Å². The van der Waals surface area contributed by atoms with Crippen LogP contribution in [0.15, 0.2) is 48.7 Å². The van der Waals surface area contributed by atoms with Gasteiger partial charge in [0.05, 0.1) is 5.56 Å². The molecule has 3 heterocycles. The molecule has 10 heteroatoms. The zero-order chi connectivity index (χ0) is 24.4. The van der Waals surface area contributed by atoms with Crippen LogP contribution < -0.4 is 20.1 Å². The normalized spacial score (nSPS) is 16.0. The van der Waals surface area contributed by atoms with Crippen molar-refractivity contribution in [1.29, 1.82) is 0 Å². The number of rotatable bonds is 4. The van der Waals surface area contributed by atoms with Gasteiger partial charge >= 0.3 is 6.03 Å². The summed E-state index contributed by atoms with van der Waals surface area (Å²) in [5.74, 6) is 0.807. The van der Waals surface area contributed by atoms with E-state index in [1.165, 1.54) is 0 Å². The molecular weight excluding hydrogens is 450 g/mol. The SMILES string of the molecule is C[C@@H](NC(=O)N1CCN(C(=O)c2c[nH]c3ccccc23)CC1)C(=O)Nc1ccc2c(c1)OCCO2. The van der Waals surface area contributed by atoms with Crippen LogP contribution in [0, 0.1) is 0 Å². The van der Waals surface area contributed by atoms with Crippen molar-refractivity contribution >= 4 is 34.4 Å². The maximum atomic E-state index is 13.0. The number of hydrogen-bond acceptors (Lipinski definition) is 5. The maximum absolute atomic E-state index is 13.0. The summed E-state index contributed by atoms with van der Waals surface area (Å²) in [5, 5.41) is 6.41. The fourth-order valence-electron chi connectivity index (χ4n) is 4.25. The van der Waals surface area contributed by atoms with Crippen LogP contribution in [-0.2, 0) is 4.79 Å². The first-order valence-corrected chi connectivity index (χ1v) is 11.6. The number of nitrogens with zero attached hydrogens (tertiary/aromatic N) is 2. The smallest absolute Gasteiger partial charge is 0.318 e. The van der Waals surface area contributed by atoms with Crippen LogP contribution in [0.4, 0.5) is 10.5 Å². The van der Waals surface area contributed by atoms with Crippen molar-refractivity contribution in [1.82, 2.24) is 20.1 Å². The number of carbonyl (C=O) groups excluding carboxylic acids is 3. The lowest BCUT2D eigenvalue weighted by Crippen LogP contribution is -2.55. The molecular formula is C25H27N5O5. The van der Waals surface area contributed by atoms with Crippen LogP contribution in [0.3, 0.4) is 0 Å². The first-order chi connectivity index (χ1) is 17.0. The van der Waals surface area contributed by atoms with Crippen LogP contribution in [0.5, 0.6) is 11.5 Å². The highest BCUT2D eigenvalue weighted by molar-refractivity contribution is 6.06. The van der Waals surface area contributed by atoms with Gasteiger partial charge in [-0.15, -0.1) is 0 Å². The predicted molar refractivity (Wildman–Crippen MR) is 130 cm³/mol. The minimum absolute atomic E-state index is 0.0605. The number of fused-ring (bicyclic) bond motifs is 2. The third kappa shape index (κ3) is 4.72. The van der Waals surface area contributed by atoms with Gasteiger partial charge in [-0.1, -0.05) is 18.2 Å².